The van der Waals surface area contributed by atoms with Crippen LogP contribution in [-0.2, 0) is 16.5 Å². The first-order valence-corrected chi connectivity index (χ1v) is 12.9. The molecule has 2 rings (SSSR count). The summed E-state index contributed by atoms with van der Waals surface area (Å²) >= 11 is 0. The van der Waals surface area contributed by atoms with Crippen LogP contribution in [0.4, 0.5) is 0 Å². The predicted octanol–water partition coefficient (Wildman–Crippen LogP) is 7.28. The van der Waals surface area contributed by atoms with Crippen molar-refractivity contribution in [1.82, 2.24) is 0 Å². The SMILES string of the molecule is CCCCCCCCCCCCCc1cc(O)c(Oc2ccccc2)c(S(=O)(=O)O)c1. The van der Waals surface area contributed by atoms with Gasteiger partial charge in [0.15, 0.2) is 11.5 Å². The van der Waals surface area contributed by atoms with Crippen molar-refractivity contribution in [3.63, 3.8) is 0 Å². The smallest absolute Gasteiger partial charge is 0.298 e. The van der Waals surface area contributed by atoms with E-state index >= 15 is 0 Å². The number of rotatable bonds is 15. The average molecular weight is 449 g/mol. The molecule has 2 N–H and O–H groups in total. The van der Waals surface area contributed by atoms with Crippen LogP contribution in [0.15, 0.2) is 47.4 Å². The van der Waals surface area contributed by atoms with Crippen LogP contribution in [0.2, 0.25) is 0 Å². The van der Waals surface area contributed by atoms with Gasteiger partial charge in [0.1, 0.15) is 10.6 Å². The van der Waals surface area contributed by atoms with Crippen molar-refractivity contribution < 1.29 is 22.8 Å². The molecular weight excluding hydrogens is 412 g/mol. The number of phenols is 1. The second-order valence-corrected chi connectivity index (χ2v) is 9.51. The van der Waals surface area contributed by atoms with Gasteiger partial charge in [-0.05, 0) is 42.7 Å². The monoisotopic (exact) mass is 448 g/mol. The van der Waals surface area contributed by atoms with Crippen LogP contribution in [0, 0.1) is 0 Å². The van der Waals surface area contributed by atoms with Gasteiger partial charge in [-0.25, -0.2) is 0 Å². The summed E-state index contributed by atoms with van der Waals surface area (Å²) in [5.41, 5.74) is 0.668. The molecule has 0 radical (unpaired) electrons. The average Bonchev–Trinajstić information content (AvgIpc) is 2.73. The summed E-state index contributed by atoms with van der Waals surface area (Å²) in [6, 6.07) is 11.5. The summed E-state index contributed by atoms with van der Waals surface area (Å²) in [6.45, 7) is 2.23. The maximum Gasteiger partial charge on any atom is 0.298 e. The van der Waals surface area contributed by atoms with Crippen LogP contribution < -0.4 is 4.74 Å². The van der Waals surface area contributed by atoms with Gasteiger partial charge in [0.25, 0.3) is 10.1 Å². The Bertz CT molecular complexity index is 878. The third kappa shape index (κ3) is 9.32. The summed E-state index contributed by atoms with van der Waals surface area (Å²) in [7, 11) is -4.54. The van der Waals surface area contributed by atoms with E-state index in [1.165, 1.54) is 63.5 Å². The molecule has 5 nitrogen and oxygen atoms in total. The third-order valence-corrected chi connectivity index (χ3v) is 6.26. The molecule has 31 heavy (non-hydrogen) atoms. The Morgan fingerprint density at radius 1 is 0.806 bits per heavy atom. The first-order chi connectivity index (χ1) is 14.9. The maximum absolute atomic E-state index is 11.9. The second-order valence-electron chi connectivity index (χ2n) is 8.12. The van der Waals surface area contributed by atoms with Crippen molar-refractivity contribution >= 4 is 10.1 Å². The number of aryl methyl sites for hydroxylation is 1. The standard InChI is InChI=1S/C25H36O5S/c1-2-3-4-5-6-7-8-9-10-11-13-16-21-19-23(26)25(24(20-21)31(27,28)29)30-22-17-14-12-15-18-22/h12,14-15,17-20,26H,2-11,13,16H2,1H3,(H,27,28,29). The normalized spacial score (nSPS) is 11.5. The Hall–Kier alpha value is -2.05. The van der Waals surface area contributed by atoms with Crippen LogP contribution in [0.5, 0.6) is 17.2 Å². The molecule has 0 aromatic heterocycles. The van der Waals surface area contributed by atoms with Gasteiger partial charge in [-0.3, -0.25) is 4.55 Å². The molecular formula is C25H36O5S. The molecule has 0 spiro atoms. The first kappa shape index (κ1) is 25.2. The lowest BCUT2D eigenvalue weighted by atomic mass is 10.0. The van der Waals surface area contributed by atoms with Crippen LogP contribution >= 0.6 is 0 Å². The van der Waals surface area contributed by atoms with Gasteiger partial charge in [-0.15, -0.1) is 0 Å². The summed E-state index contributed by atoms with van der Waals surface area (Å²) in [6.07, 6.45) is 14.2. The van der Waals surface area contributed by atoms with E-state index in [1.807, 2.05) is 0 Å². The highest BCUT2D eigenvalue weighted by atomic mass is 32.2. The fourth-order valence-corrected chi connectivity index (χ4v) is 4.36. The number of hydrogen-bond donors (Lipinski definition) is 2. The van der Waals surface area contributed by atoms with Crippen molar-refractivity contribution in [2.45, 2.75) is 88.9 Å². The van der Waals surface area contributed by atoms with Crippen molar-refractivity contribution in [3.05, 3.63) is 48.0 Å². The molecule has 0 amide bonds. The van der Waals surface area contributed by atoms with E-state index in [2.05, 4.69) is 6.92 Å². The molecule has 2 aromatic rings. The van der Waals surface area contributed by atoms with Gasteiger partial charge in [0.2, 0.25) is 0 Å². The molecule has 0 aliphatic rings. The van der Waals surface area contributed by atoms with E-state index < -0.39 is 15.0 Å². The fourth-order valence-electron chi connectivity index (χ4n) is 3.68. The molecule has 0 fully saturated rings. The highest BCUT2D eigenvalue weighted by molar-refractivity contribution is 7.86. The Morgan fingerprint density at radius 3 is 1.90 bits per heavy atom. The molecule has 172 valence electrons. The third-order valence-electron chi connectivity index (χ3n) is 5.41. The zero-order chi connectivity index (χ0) is 22.5. The minimum absolute atomic E-state index is 0.253. The lowest BCUT2D eigenvalue weighted by molar-refractivity contribution is 0.396. The second kappa shape index (κ2) is 13.4. The molecule has 0 unspecified atom stereocenters. The molecule has 0 saturated carbocycles. The largest absolute Gasteiger partial charge is 0.504 e. The zero-order valence-electron chi connectivity index (χ0n) is 18.6. The summed E-state index contributed by atoms with van der Waals surface area (Å²) in [5, 5.41) is 10.4. The Morgan fingerprint density at radius 2 is 1.35 bits per heavy atom. The van der Waals surface area contributed by atoms with E-state index in [1.54, 1.807) is 30.3 Å². The number of unbranched alkanes of at least 4 members (excludes halogenated alkanes) is 10. The quantitative estimate of drug-likeness (QED) is 0.221. The van der Waals surface area contributed by atoms with Gasteiger partial charge < -0.3 is 9.84 Å². The Kier molecular flexibility index (Phi) is 10.9. The Labute approximate surface area is 187 Å². The number of benzene rings is 2. The van der Waals surface area contributed by atoms with Gasteiger partial charge in [-0.1, -0.05) is 89.3 Å². The van der Waals surface area contributed by atoms with Gasteiger partial charge >= 0.3 is 0 Å². The van der Waals surface area contributed by atoms with Gasteiger partial charge in [0.05, 0.1) is 0 Å². The number of ether oxygens (including phenoxy) is 1. The molecule has 0 aliphatic heterocycles. The van der Waals surface area contributed by atoms with Crippen molar-refractivity contribution in [1.29, 1.82) is 0 Å². The molecule has 0 bridgehead atoms. The number of aromatic hydroxyl groups is 1. The summed E-state index contributed by atoms with van der Waals surface area (Å²) < 4.78 is 38.9. The van der Waals surface area contributed by atoms with E-state index in [9.17, 15) is 18.1 Å². The minimum atomic E-state index is -4.54. The maximum atomic E-state index is 11.9. The Balaban J connectivity index is 1.84. The van der Waals surface area contributed by atoms with Crippen LogP contribution in [0.1, 0.15) is 83.1 Å². The van der Waals surface area contributed by atoms with Gasteiger partial charge in [-0.2, -0.15) is 8.42 Å². The molecule has 0 saturated heterocycles. The number of phenolic OH excluding ortho intramolecular Hbond substituents is 1. The number of para-hydroxylation sites is 1. The summed E-state index contributed by atoms with van der Waals surface area (Å²) in [5.74, 6) is -0.172. The molecule has 6 heteroatoms. The van der Waals surface area contributed by atoms with Crippen molar-refractivity contribution in [2.75, 3.05) is 0 Å². The van der Waals surface area contributed by atoms with E-state index in [-0.39, 0.29) is 11.5 Å². The lowest BCUT2D eigenvalue weighted by Gasteiger charge is -2.13. The predicted molar refractivity (Wildman–Crippen MR) is 125 cm³/mol. The molecule has 0 aliphatic carbocycles. The van der Waals surface area contributed by atoms with E-state index in [0.29, 0.717) is 17.7 Å². The lowest BCUT2D eigenvalue weighted by Crippen LogP contribution is -2.03. The topological polar surface area (TPSA) is 83.8 Å². The number of hydrogen-bond acceptors (Lipinski definition) is 4. The van der Waals surface area contributed by atoms with Gasteiger partial charge in [0, 0.05) is 0 Å². The van der Waals surface area contributed by atoms with Crippen molar-refractivity contribution in [3.8, 4) is 17.2 Å². The van der Waals surface area contributed by atoms with Crippen LogP contribution in [-0.4, -0.2) is 18.1 Å². The highest BCUT2D eigenvalue weighted by Crippen LogP contribution is 2.38. The molecule has 0 heterocycles. The molecule has 2 aromatic carbocycles. The zero-order valence-corrected chi connectivity index (χ0v) is 19.4. The van der Waals surface area contributed by atoms with E-state index in [4.69, 9.17) is 4.74 Å². The van der Waals surface area contributed by atoms with E-state index in [0.717, 1.165) is 19.3 Å². The first-order valence-electron chi connectivity index (χ1n) is 11.5. The minimum Gasteiger partial charge on any atom is -0.504 e. The fraction of sp³-hybridized carbons (Fsp3) is 0.520. The summed E-state index contributed by atoms with van der Waals surface area (Å²) in [4.78, 5) is -0.408. The van der Waals surface area contributed by atoms with Crippen LogP contribution in [0.25, 0.3) is 0 Å². The van der Waals surface area contributed by atoms with Crippen molar-refractivity contribution in [2.24, 2.45) is 0 Å². The highest BCUT2D eigenvalue weighted by Gasteiger charge is 2.22. The van der Waals surface area contributed by atoms with Crippen LogP contribution in [0.3, 0.4) is 0 Å². The molecule has 0 atom stereocenters.